The van der Waals surface area contributed by atoms with E-state index in [4.69, 9.17) is 5.73 Å². The third kappa shape index (κ3) is 1.16. The summed E-state index contributed by atoms with van der Waals surface area (Å²) in [6.07, 6.45) is 3.53. The van der Waals surface area contributed by atoms with E-state index >= 15 is 0 Å². The average molecular weight is 214 g/mol. The van der Waals surface area contributed by atoms with Gasteiger partial charge in [-0.25, -0.2) is 0 Å². The Balaban J connectivity index is 2.32. The first-order valence-corrected chi connectivity index (χ1v) is 4.84. The van der Waals surface area contributed by atoms with Gasteiger partial charge in [-0.2, -0.15) is 5.10 Å². The molecule has 0 aliphatic carbocycles. The lowest BCUT2D eigenvalue weighted by Gasteiger charge is -2.00. The molecule has 0 amide bonds. The van der Waals surface area contributed by atoms with E-state index < -0.39 is 0 Å². The van der Waals surface area contributed by atoms with Crippen molar-refractivity contribution in [3.63, 3.8) is 0 Å². The molecule has 0 unspecified atom stereocenters. The molecule has 0 spiro atoms. The predicted octanol–water partition coefficient (Wildman–Crippen LogP) is 0.712. The number of anilines is 1. The Bertz CT molecular complexity index is 650. The number of hydrogen-bond acceptors (Lipinski definition) is 4. The second-order valence-electron chi connectivity index (χ2n) is 3.55. The number of rotatable bonds is 1. The quantitative estimate of drug-likeness (QED) is 0.647. The molecule has 0 radical (unpaired) electrons. The van der Waals surface area contributed by atoms with Gasteiger partial charge in [0.1, 0.15) is 5.69 Å². The number of fused-ring (bicyclic) bond motifs is 1. The van der Waals surface area contributed by atoms with Crippen LogP contribution in [0.15, 0.2) is 30.6 Å². The molecule has 6 heteroatoms. The van der Waals surface area contributed by atoms with Crippen LogP contribution in [-0.4, -0.2) is 24.4 Å². The molecule has 0 aromatic carbocycles. The SMILES string of the molecule is Cn1nccc1-c1nnc2ccc(N)cn12. The summed E-state index contributed by atoms with van der Waals surface area (Å²) in [6.45, 7) is 0. The summed E-state index contributed by atoms with van der Waals surface area (Å²) < 4.78 is 3.60. The van der Waals surface area contributed by atoms with Gasteiger partial charge in [0.25, 0.3) is 0 Å². The number of nitrogens with two attached hydrogens (primary N) is 1. The lowest BCUT2D eigenvalue weighted by Crippen LogP contribution is -1.98. The molecule has 0 saturated carbocycles. The van der Waals surface area contributed by atoms with Gasteiger partial charge in [-0.15, -0.1) is 10.2 Å². The smallest absolute Gasteiger partial charge is 0.186 e. The fraction of sp³-hybridized carbons (Fsp3) is 0.100. The third-order valence-corrected chi connectivity index (χ3v) is 2.48. The fourth-order valence-electron chi connectivity index (χ4n) is 1.68. The van der Waals surface area contributed by atoms with Crippen LogP contribution in [0.4, 0.5) is 5.69 Å². The zero-order chi connectivity index (χ0) is 11.1. The van der Waals surface area contributed by atoms with Gasteiger partial charge in [-0.05, 0) is 18.2 Å². The molecule has 3 rings (SSSR count). The molecule has 3 heterocycles. The standard InChI is InChI=1S/C10H10N6/c1-15-8(4-5-12-15)10-14-13-9-3-2-7(11)6-16(9)10/h2-6H,11H2,1H3. The molecule has 0 bridgehead atoms. The van der Waals surface area contributed by atoms with E-state index in [2.05, 4.69) is 15.3 Å². The first-order valence-electron chi connectivity index (χ1n) is 4.84. The largest absolute Gasteiger partial charge is 0.398 e. The molecule has 2 N–H and O–H groups in total. The molecular formula is C10H10N6. The van der Waals surface area contributed by atoms with Crippen LogP contribution in [0.2, 0.25) is 0 Å². The maximum absolute atomic E-state index is 5.74. The normalized spacial score (nSPS) is 11.1. The van der Waals surface area contributed by atoms with Gasteiger partial charge in [0.2, 0.25) is 0 Å². The molecule has 0 aliphatic heterocycles. The summed E-state index contributed by atoms with van der Waals surface area (Å²) in [5.74, 6) is 0.738. The summed E-state index contributed by atoms with van der Waals surface area (Å²) in [7, 11) is 1.86. The zero-order valence-corrected chi connectivity index (χ0v) is 8.70. The summed E-state index contributed by atoms with van der Waals surface area (Å²) >= 11 is 0. The number of hydrogen-bond donors (Lipinski definition) is 1. The Morgan fingerprint density at radius 3 is 2.81 bits per heavy atom. The first kappa shape index (κ1) is 8.90. The van der Waals surface area contributed by atoms with Crippen molar-refractivity contribution in [3.05, 3.63) is 30.6 Å². The average Bonchev–Trinajstić information content (AvgIpc) is 2.83. The number of pyridine rings is 1. The predicted molar refractivity (Wildman–Crippen MR) is 59.6 cm³/mol. The van der Waals surface area contributed by atoms with Gasteiger partial charge in [0, 0.05) is 25.1 Å². The maximum atomic E-state index is 5.74. The fourth-order valence-corrected chi connectivity index (χ4v) is 1.68. The van der Waals surface area contributed by atoms with Gasteiger partial charge in [0.15, 0.2) is 11.5 Å². The van der Waals surface area contributed by atoms with Crippen LogP contribution in [0.5, 0.6) is 0 Å². The third-order valence-electron chi connectivity index (χ3n) is 2.48. The van der Waals surface area contributed by atoms with E-state index in [1.807, 2.05) is 23.6 Å². The summed E-state index contributed by atoms with van der Waals surface area (Å²) in [5, 5.41) is 12.3. The second-order valence-corrected chi connectivity index (χ2v) is 3.55. The highest BCUT2D eigenvalue weighted by Crippen LogP contribution is 2.18. The van der Waals surface area contributed by atoms with E-state index in [1.54, 1.807) is 23.1 Å². The van der Waals surface area contributed by atoms with E-state index in [9.17, 15) is 0 Å². The molecular weight excluding hydrogens is 204 g/mol. The van der Waals surface area contributed by atoms with E-state index in [-0.39, 0.29) is 0 Å². The van der Waals surface area contributed by atoms with Crippen molar-refractivity contribution < 1.29 is 0 Å². The molecule has 0 saturated heterocycles. The first-order chi connectivity index (χ1) is 7.75. The monoisotopic (exact) mass is 214 g/mol. The minimum Gasteiger partial charge on any atom is -0.398 e. The van der Waals surface area contributed by atoms with Crippen molar-refractivity contribution in [2.24, 2.45) is 7.05 Å². The van der Waals surface area contributed by atoms with E-state index in [1.165, 1.54) is 0 Å². The Labute approximate surface area is 91.3 Å². The van der Waals surface area contributed by atoms with E-state index in [0.717, 1.165) is 17.2 Å². The number of nitrogens with zero attached hydrogens (tertiary/aromatic N) is 5. The number of aryl methyl sites for hydroxylation is 1. The van der Waals surface area contributed by atoms with Gasteiger partial charge in [-0.1, -0.05) is 0 Å². The Morgan fingerprint density at radius 2 is 2.06 bits per heavy atom. The van der Waals surface area contributed by atoms with Crippen molar-refractivity contribution >= 4 is 11.3 Å². The highest BCUT2D eigenvalue weighted by atomic mass is 15.3. The molecule has 16 heavy (non-hydrogen) atoms. The van der Waals surface area contributed by atoms with Crippen LogP contribution in [0.25, 0.3) is 17.2 Å². The molecule has 6 nitrogen and oxygen atoms in total. The van der Waals surface area contributed by atoms with Gasteiger partial charge in [-0.3, -0.25) is 9.08 Å². The Kier molecular flexibility index (Phi) is 1.70. The maximum Gasteiger partial charge on any atom is 0.186 e. The topological polar surface area (TPSA) is 74.0 Å². The van der Waals surface area contributed by atoms with Crippen LogP contribution in [0.3, 0.4) is 0 Å². The molecule has 0 fully saturated rings. The van der Waals surface area contributed by atoms with Crippen molar-refractivity contribution in [2.75, 3.05) is 5.73 Å². The van der Waals surface area contributed by atoms with Crippen LogP contribution < -0.4 is 5.73 Å². The zero-order valence-electron chi connectivity index (χ0n) is 8.70. The highest BCUT2D eigenvalue weighted by molar-refractivity contribution is 5.57. The second kappa shape index (κ2) is 3.06. The van der Waals surface area contributed by atoms with Crippen molar-refractivity contribution in [1.82, 2.24) is 24.4 Å². The molecule has 0 aliphatic rings. The van der Waals surface area contributed by atoms with Crippen molar-refractivity contribution in [2.45, 2.75) is 0 Å². The number of aromatic nitrogens is 5. The molecule has 0 atom stereocenters. The van der Waals surface area contributed by atoms with Crippen LogP contribution in [-0.2, 0) is 7.05 Å². The lowest BCUT2D eigenvalue weighted by atomic mass is 10.3. The lowest BCUT2D eigenvalue weighted by molar-refractivity contribution is 0.768. The van der Waals surface area contributed by atoms with Crippen LogP contribution in [0.1, 0.15) is 0 Å². The van der Waals surface area contributed by atoms with Crippen LogP contribution in [0, 0.1) is 0 Å². The molecule has 80 valence electrons. The number of nitrogen functional groups attached to an aromatic ring is 1. The minimum absolute atomic E-state index is 0.677. The highest BCUT2D eigenvalue weighted by Gasteiger charge is 2.10. The summed E-state index contributed by atoms with van der Waals surface area (Å²) in [6, 6.07) is 5.53. The van der Waals surface area contributed by atoms with Gasteiger partial charge < -0.3 is 5.73 Å². The Hall–Kier alpha value is -2.37. The Morgan fingerprint density at radius 1 is 1.19 bits per heavy atom. The van der Waals surface area contributed by atoms with Crippen molar-refractivity contribution in [1.29, 1.82) is 0 Å². The van der Waals surface area contributed by atoms with Gasteiger partial charge in [0.05, 0.1) is 0 Å². The summed E-state index contributed by atoms with van der Waals surface area (Å²) in [5.41, 5.74) is 8.09. The molecule has 3 aromatic heterocycles. The summed E-state index contributed by atoms with van der Waals surface area (Å²) in [4.78, 5) is 0. The minimum atomic E-state index is 0.677. The van der Waals surface area contributed by atoms with Gasteiger partial charge >= 0.3 is 0 Å². The van der Waals surface area contributed by atoms with Crippen LogP contribution >= 0.6 is 0 Å². The molecule has 3 aromatic rings. The van der Waals surface area contributed by atoms with Crippen molar-refractivity contribution in [3.8, 4) is 11.5 Å². The van der Waals surface area contributed by atoms with E-state index in [0.29, 0.717) is 5.69 Å².